The smallest absolute Gasteiger partial charge is 0.246 e. The first-order valence-electron chi connectivity index (χ1n) is 8.12. The zero-order chi connectivity index (χ0) is 14.7. The molecule has 20 heavy (non-hydrogen) atoms. The minimum absolute atomic E-state index is 0.00666. The van der Waals surface area contributed by atoms with E-state index in [0.29, 0.717) is 0 Å². The van der Waals surface area contributed by atoms with Crippen molar-refractivity contribution in [1.29, 1.82) is 0 Å². The number of piperazine rings is 1. The lowest BCUT2D eigenvalue weighted by Gasteiger charge is -2.39. The highest BCUT2D eigenvalue weighted by Gasteiger charge is 2.38. The molecule has 4 heteroatoms. The van der Waals surface area contributed by atoms with Crippen LogP contribution >= 0.6 is 0 Å². The van der Waals surface area contributed by atoms with Gasteiger partial charge in [-0.1, -0.05) is 40.0 Å². The number of rotatable bonds is 3. The van der Waals surface area contributed by atoms with Crippen molar-refractivity contribution in [3.8, 4) is 0 Å². The standard InChI is InChI=1S/C16H28N2O2/c1-4-12(3)15-16(20)18(10-14(19)17-15)13-7-5-6-11(2)8-9-13/h11-13,15H,4-10H2,1-3H3,(H,17,19). The van der Waals surface area contributed by atoms with E-state index in [1.165, 1.54) is 19.3 Å². The van der Waals surface area contributed by atoms with Crippen LogP contribution in [0.2, 0.25) is 0 Å². The summed E-state index contributed by atoms with van der Waals surface area (Å²) in [6.07, 6.45) is 6.60. The first kappa shape index (κ1) is 15.3. The van der Waals surface area contributed by atoms with Gasteiger partial charge in [-0.05, 0) is 31.1 Å². The van der Waals surface area contributed by atoms with Crippen molar-refractivity contribution in [2.45, 2.75) is 71.4 Å². The average molecular weight is 280 g/mol. The predicted molar refractivity (Wildman–Crippen MR) is 79.1 cm³/mol. The molecule has 1 saturated heterocycles. The summed E-state index contributed by atoms with van der Waals surface area (Å²) in [4.78, 5) is 26.5. The van der Waals surface area contributed by atoms with Crippen LogP contribution in [0.25, 0.3) is 0 Å². The van der Waals surface area contributed by atoms with Gasteiger partial charge in [0.2, 0.25) is 11.8 Å². The Balaban J connectivity index is 2.09. The fourth-order valence-electron chi connectivity index (χ4n) is 3.40. The molecule has 1 N–H and O–H groups in total. The molecule has 1 saturated carbocycles. The molecule has 1 aliphatic heterocycles. The van der Waals surface area contributed by atoms with Gasteiger partial charge >= 0.3 is 0 Å². The van der Waals surface area contributed by atoms with E-state index in [4.69, 9.17) is 0 Å². The van der Waals surface area contributed by atoms with E-state index in [1.807, 2.05) is 11.8 Å². The summed E-state index contributed by atoms with van der Waals surface area (Å²) >= 11 is 0. The van der Waals surface area contributed by atoms with E-state index in [2.05, 4.69) is 19.2 Å². The first-order valence-corrected chi connectivity index (χ1v) is 8.12. The summed E-state index contributed by atoms with van der Waals surface area (Å²) < 4.78 is 0. The van der Waals surface area contributed by atoms with E-state index in [-0.39, 0.29) is 36.4 Å². The summed E-state index contributed by atoms with van der Waals surface area (Å²) in [6, 6.07) is -0.0491. The van der Waals surface area contributed by atoms with Gasteiger partial charge in [0.15, 0.2) is 0 Å². The predicted octanol–water partition coefficient (Wildman–Crippen LogP) is 2.33. The van der Waals surface area contributed by atoms with Crippen molar-refractivity contribution in [2.75, 3.05) is 6.54 Å². The van der Waals surface area contributed by atoms with Crippen LogP contribution in [0.4, 0.5) is 0 Å². The van der Waals surface area contributed by atoms with Crippen LogP contribution in [0.15, 0.2) is 0 Å². The van der Waals surface area contributed by atoms with Crippen LogP contribution in [-0.2, 0) is 9.59 Å². The third-order valence-electron chi connectivity index (χ3n) is 5.06. The zero-order valence-electron chi connectivity index (χ0n) is 13.0. The Labute approximate surface area is 122 Å². The van der Waals surface area contributed by atoms with Gasteiger partial charge in [-0.3, -0.25) is 9.59 Å². The van der Waals surface area contributed by atoms with Gasteiger partial charge in [-0.2, -0.15) is 0 Å². The van der Waals surface area contributed by atoms with Crippen molar-refractivity contribution in [3.63, 3.8) is 0 Å². The Kier molecular flexibility index (Phi) is 5.06. The molecule has 114 valence electrons. The number of carbonyl (C=O) groups excluding carboxylic acids is 2. The van der Waals surface area contributed by atoms with Gasteiger partial charge in [-0.15, -0.1) is 0 Å². The highest BCUT2D eigenvalue weighted by molar-refractivity contribution is 5.95. The second-order valence-electron chi connectivity index (χ2n) is 6.66. The van der Waals surface area contributed by atoms with Crippen LogP contribution in [0, 0.1) is 11.8 Å². The van der Waals surface area contributed by atoms with Gasteiger partial charge in [0.25, 0.3) is 0 Å². The van der Waals surface area contributed by atoms with Gasteiger partial charge in [-0.25, -0.2) is 0 Å². The SMILES string of the molecule is CCC(C)C1NC(=O)CN(C2CCCC(C)CC2)C1=O. The van der Waals surface area contributed by atoms with Crippen LogP contribution in [-0.4, -0.2) is 35.3 Å². The van der Waals surface area contributed by atoms with Crippen molar-refractivity contribution >= 4 is 11.8 Å². The Bertz CT molecular complexity index is 369. The number of amides is 2. The topological polar surface area (TPSA) is 49.4 Å². The minimum Gasteiger partial charge on any atom is -0.342 e. The van der Waals surface area contributed by atoms with Crippen LogP contribution in [0.5, 0.6) is 0 Å². The molecule has 4 nitrogen and oxygen atoms in total. The lowest BCUT2D eigenvalue weighted by atomic mass is 9.94. The second-order valence-corrected chi connectivity index (χ2v) is 6.66. The molecular weight excluding hydrogens is 252 g/mol. The highest BCUT2D eigenvalue weighted by atomic mass is 16.2. The molecule has 0 spiro atoms. The number of nitrogens with zero attached hydrogens (tertiary/aromatic N) is 1. The van der Waals surface area contributed by atoms with Crippen LogP contribution in [0.1, 0.15) is 59.3 Å². The third-order valence-corrected chi connectivity index (χ3v) is 5.06. The molecule has 2 rings (SSSR count). The fourth-order valence-corrected chi connectivity index (χ4v) is 3.40. The van der Waals surface area contributed by atoms with Gasteiger partial charge in [0, 0.05) is 6.04 Å². The number of carbonyl (C=O) groups is 2. The van der Waals surface area contributed by atoms with Crippen LogP contribution < -0.4 is 5.32 Å². The maximum atomic E-state index is 12.7. The Morgan fingerprint density at radius 3 is 2.70 bits per heavy atom. The van der Waals surface area contributed by atoms with E-state index < -0.39 is 0 Å². The number of nitrogens with one attached hydrogen (secondary N) is 1. The maximum Gasteiger partial charge on any atom is 0.246 e. The van der Waals surface area contributed by atoms with Gasteiger partial charge in [0.05, 0.1) is 6.54 Å². The highest BCUT2D eigenvalue weighted by Crippen LogP contribution is 2.27. The summed E-state index contributed by atoms with van der Waals surface area (Å²) in [5.74, 6) is 1.10. The monoisotopic (exact) mass is 280 g/mol. The minimum atomic E-state index is -0.318. The first-order chi connectivity index (χ1) is 9.52. The van der Waals surface area contributed by atoms with Crippen molar-refractivity contribution in [1.82, 2.24) is 10.2 Å². The zero-order valence-corrected chi connectivity index (χ0v) is 13.0. The van der Waals surface area contributed by atoms with Crippen molar-refractivity contribution in [3.05, 3.63) is 0 Å². The van der Waals surface area contributed by atoms with Crippen LogP contribution in [0.3, 0.4) is 0 Å². The lowest BCUT2D eigenvalue weighted by Crippen LogP contribution is -2.62. The molecule has 0 bridgehead atoms. The van der Waals surface area contributed by atoms with E-state index in [9.17, 15) is 9.59 Å². The summed E-state index contributed by atoms with van der Waals surface area (Å²) in [6.45, 7) is 6.65. The number of hydrogen-bond donors (Lipinski definition) is 1. The summed E-state index contributed by atoms with van der Waals surface area (Å²) in [7, 11) is 0. The number of hydrogen-bond acceptors (Lipinski definition) is 2. The van der Waals surface area contributed by atoms with E-state index in [1.54, 1.807) is 0 Å². The Hall–Kier alpha value is -1.06. The maximum absolute atomic E-state index is 12.7. The van der Waals surface area contributed by atoms with Crippen molar-refractivity contribution in [2.24, 2.45) is 11.8 Å². The summed E-state index contributed by atoms with van der Waals surface area (Å²) in [5, 5.41) is 2.88. The molecule has 2 amide bonds. The second kappa shape index (κ2) is 6.59. The molecule has 1 aliphatic carbocycles. The fraction of sp³-hybridized carbons (Fsp3) is 0.875. The normalized spacial score (nSPS) is 33.5. The molecule has 0 radical (unpaired) electrons. The molecule has 0 aromatic rings. The van der Waals surface area contributed by atoms with Gasteiger partial charge in [0.1, 0.15) is 6.04 Å². The van der Waals surface area contributed by atoms with Gasteiger partial charge < -0.3 is 10.2 Å². The molecular formula is C16H28N2O2. The van der Waals surface area contributed by atoms with Crippen molar-refractivity contribution < 1.29 is 9.59 Å². The summed E-state index contributed by atoms with van der Waals surface area (Å²) in [5.41, 5.74) is 0. The Morgan fingerprint density at radius 1 is 1.25 bits per heavy atom. The molecule has 4 unspecified atom stereocenters. The third kappa shape index (κ3) is 3.33. The Morgan fingerprint density at radius 2 is 2.00 bits per heavy atom. The molecule has 0 aromatic heterocycles. The van der Waals surface area contributed by atoms with E-state index >= 15 is 0 Å². The molecule has 0 aromatic carbocycles. The quantitative estimate of drug-likeness (QED) is 0.807. The largest absolute Gasteiger partial charge is 0.342 e. The van der Waals surface area contributed by atoms with E-state index in [0.717, 1.165) is 25.2 Å². The lowest BCUT2D eigenvalue weighted by molar-refractivity contribution is -0.148. The molecule has 1 heterocycles. The molecule has 2 fully saturated rings. The molecule has 4 atom stereocenters. The average Bonchev–Trinajstić information content (AvgIpc) is 2.65. The molecule has 2 aliphatic rings.